The molecule has 0 aliphatic heterocycles. The van der Waals surface area contributed by atoms with Crippen LogP contribution in [0.3, 0.4) is 0 Å². The summed E-state index contributed by atoms with van der Waals surface area (Å²) in [5.74, 6) is 1.00. The zero-order valence-corrected chi connectivity index (χ0v) is 7.86. The molecule has 0 spiro atoms. The molecule has 1 saturated carbocycles. The predicted molar refractivity (Wildman–Crippen MR) is 52.4 cm³/mol. The molecule has 1 aliphatic carbocycles. The van der Waals surface area contributed by atoms with Crippen LogP contribution in [0.4, 0.5) is 11.5 Å². The van der Waals surface area contributed by atoms with Gasteiger partial charge in [-0.05, 0) is 12.8 Å². The minimum Gasteiger partial charge on any atom is -0.373 e. The minimum absolute atomic E-state index is 0.117. The lowest BCUT2D eigenvalue weighted by Gasteiger charge is -2.02. The van der Waals surface area contributed by atoms with Crippen LogP contribution in [-0.4, -0.2) is 17.0 Å². The van der Waals surface area contributed by atoms with Crippen molar-refractivity contribution in [3.63, 3.8) is 0 Å². The van der Waals surface area contributed by atoms with Crippen molar-refractivity contribution in [1.82, 2.24) is 4.98 Å². The highest BCUT2D eigenvalue weighted by Gasteiger charge is 2.27. The van der Waals surface area contributed by atoms with Gasteiger partial charge in [0.1, 0.15) is 5.82 Å². The third-order valence-corrected chi connectivity index (χ3v) is 2.29. The first-order valence-corrected chi connectivity index (χ1v) is 4.55. The average molecular weight is 193 g/mol. The van der Waals surface area contributed by atoms with Crippen molar-refractivity contribution >= 4 is 11.5 Å². The van der Waals surface area contributed by atoms with Crippen molar-refractivity contribution in [3.05, 3.63) is 27.9 Å². The monoisotopic (exact) mass is 193 g/mol. The molecule has 0 amide bonds. The zero-order chi connectivity index (χ0) is 10.1. The summed E-state index contributed by atoms with van der Waals surface area (Å²) in [7, 11) is 1.71. The Balaban J connectivity index is 2.40. The maximum Gasteiger partial charge on any atom is 0.274 e. The summed E-state index contributed by atoms with van der Waals surface area (Å²) in [6.45, 7) is 0. The molecule has 1 aliphatic rings. The Bertz CT molecular complexity index is 374. The fourth-order valence-electron chi connectivity index (χ4n) is 1.36. The molecule has 0 aromatic carbocycles. The molecule has 1 N–H and O–H groups in total. The van der Waals surface area contributed by atoms with E-state index in [0.717, 1.165) is 18.5 Å². The van der Waals surface area contributed by atoms with Gasteiger partial charge in [0.25, 0.3) is 5.69 Å². The number of nitrogens with zero attached hydrogens (tertiary/aromatic N) is 2. The molecule has 1 heterocycles. The molecule has 74 valence electrons. The van der Waals surface area contributed by atoms with Gasteiger partial charge in [0.2, 0.25) is 0 Å². The Kier molecular flexibility index (Phi) is 2.07. The van der Waals surface area contributed by atoms with Crippen LogP contribution in [0, 0.1) is 10.1 Å². The second-order valence-electron chi connectivity index (χ2n) is 3.42. The Morgan fingerprint density at radius 2 is 2.29 bits per heavy atom. The highest BCUT2D eigenvalue weighted by Crippen LogP contribution is 2.40. The lowest BCUT2D eigenvalue weighted by Crippen LogP contribution is -1.98. The van der Waals surface area contributed by atoms with E-state index < -0.39 is 0 Å². The molecular weight excluding hydrogens is 182 g/mol. The molecule has 2 rings (SSSR count). The standard InChI is InChI=1S/C9H11N3O2/c1-10-9-5-7(12(13)14)4-8(11-9)6-2-3-6/h4-6H,2-3H2,1H3,(H,10,11). The number of rotatable bonds is 3. The summed E-state index contributed by atoms with van der Waals surface area (Å²) in [5.41, 5.74) is 0.954. The smallest absolute Gasteiger partial charge is 0.274 e. The third kappa shape index (κ3) is 1.66. The Morgan fingerprint density at radius 3 is 2.79 bits per heavy atom. The normalized spacial score (nSPS) is 15.2. The van der Waals surface area contributed by atoms with Crippen LogP contribution in [0.15, 0.2) is 12.1 Å². The van der Waals surface area contributed by atoms with Crippen LogP contribution < -0.4 is 5.32 Å². The van der Waals surface area contributed by atoms with Gasteiger partial charge in [-0.1, -0.05) is 0 Å². The second kappa shape index (κ2) is 3.25. The first kappa shape index (κ1) is 8.93. The average Bonchev–Trinajstić information content (AvgIpc) is 3.00. The number of hydrogen-bond donors (Lipinski definition) is 1. The minimum atomic E-state index is -0.381. The van der Waals surface area contributed by atoms with Gasteiger partial charge in [-0.3, -0.25) is 10.1 Å². The van der Waals surface area contributed by atoms with Gasteiger partial charge >= 0.3 is 0 Å². The Hall–Kier alpha value is -1.65. The van der Waals surface area contributed by atoms with Crippen molar-refractivity contribution < 1.29 is 4.92 Å². The highest BCUT2D eigenvalue weighted by atomic mass is 16.6. The SMILES string of the molecule is CNc1cc([N+](=O)[O-])cc(C2CC2)n1. The lowest BCUT2D eigenvalue weighted by atomic mass is 10.2. The topological polar surface area (TPSA) is 68.1 Å². The van der Waals surface area contributed by atoms with Crippen LogP contribution in [-0.2, 0) is 0 Å². The first-order valence-electron chi connectivity index (χ1n) is 4.55. The summed E-state index contributed by atoms with van der Waals surface area (Å²) in [6, 6.07) is 3.02. The van der Waals surface area contributed by atoms with Gasteiger partial charge in [-0.2, -0.15) is 0 Å². The molecule has 0 atom stereocenters. The van der Waals surface area contributed by atoms with Crippen LogP contribution in [0.5, 0.6) is 0 Å². The van der Waals surface area contributed by atoms with E-state index in [9.17, 15) is 10.1 Å². The summed E-state index contributed by atoms with van der Waals surface area (Å²) in [4.78, 5) is 14.5. The predicted octanol–water partition coefficient (Wildman–Crippen LogP) is 1.91. The van der Waals surface area contributed by atoms with Crippen molar-refractivity contribution in [1.29, 1.82) is 0 Å². The molecule has 1 aromatic rings. The van der Waals surface area contributed by atoms with Crippen LogP contribution >= 0.6 is 0 Å². The van der Waals surface area contributed by atoms with Crippen molar-refractivity contribution in [2.75, 3.05) is 12.4 Å². The lowest BCUT2D eigenvalue weighted by molar-refractivity contribution is -0.384. The maximum absolute atomic E-state index is 10.6. The third-order valence-electron chi connectivity index (χ3n) is 2.29. The van der Waals surface area contributed by atoms with Crippen molar-refractivity contribution in [2.45, 2.75) is 18.8 Å². The number of nitro groups is 1. The molecule has 5 heteroatoms. The van der Waals surface area contributed by atoms with E-state index in [4.69, 9.17) is 0 Å². The Morgan fingerprint density at radius 1 is 1.57 bits per heavy atom. The van der Waals surface area contributed by atoms with Gasteiger partial charge in [0.15, 0.2) is 0 Å². The van der Waals surface area contributed by atoms with E-state index in [1.807, 2.05) is 0 Å². The number of pyridine rings is 1. The Labute approximate surface area is 81.3 Å². The quantitative estimate of drug-likeness (QED) is 0.588. The fourth-order valence-corrected chi connectivity index (χ4v) is 1.36. The molecule has 14 heavy (non-hydrogen) atoms. The van der Waals surface area contributed by atoms with Gasteiger partial charge < -0.3 is 5.32 Å². The van der Waals surface area contributed by atoms with E-state index in [-0.39, 0.29) is 10.6 Å². The molecule has 0 saturated heterocycles. The van der Waals surface area contributed by atoms with Gasteiger partial charge in [0.05, 0.1) is 16.7 Å². The molecule has 0 radical (unpaired) electrons. The van der Waals surface area contributed by atoms with Crippen LogP contribution in [0.25, 0.3) is 0 Å². The van der Waals surface area contributed by atoms with Crippen LogP contribution in [0.1, 0.15) is 24.5 Å². The van der Waals surface area contributed by atoms with Gasteiger partial charge in [-0.15, -0.1) is 0 Å². The molecule has 1 fully saturated rings. The molecule has 0 unspecified atom stereocenters. The zero-order valence-electron chi connectivity index (χ0n) is 7.86. The van der Waals surface area contributed by atoms with E-state index in [0.29, 0.717) is 11.7 Å². The maximum atomic E-state index is 10.6. The molecule has 0 bridgehead atoms. The second-order valence-corrected chi connectivity index (χ2v) is 3.42. The van der Waals surface area contributed by atoms with Crippen LogP contribution in [0.2, 0.25) is 0 Å². The number of hydrogen-bond acceptors (Lipinski definition) is 4. The summed E-state index contributed by atoms with van der Waals surface area (Å²) in [6.07, 6.45) is 2.19. The van der Waals surface area contributed by atoms with E-state index in [1.165, 1.54) is 6.07 Å². The largest absolute Gasteiger partial charge is 0.373 e. The number of aromatic nitrogens is 1. The van der Waals surface area contributed by atoms with Gasteiger partial charge in [0, 0.05) is 19.0 Å². The first-order chi connectivity index (χ1) is 6.70. The molecule has 5 nitrogen and oxygen atoms in total. The van der Waals surface area contributed by atoms with E-state index >= 15 is 0 Å². The van der Waals surface area contributed by atoms with Crippen molar-refractivity contribution in [2.24, 2.45) is 0 Å². The highest BCUT2D eigenvalue weighted by molar-refractivity contribution is 5.47. The molecule has 1 aromatic heterocycles. The summed E-state index contributed by atoms with van der Waals surface area (Å²) >= 11 is 0. The van der Waals surface area contributed by atoms with Crippen molar-refractivity contribution in [3.8, 4) is 0 Å². The molecular formula is C9H11N3O2. The van der Waals surface area contributed by atoms with E-state index in [2.05, 4.69) is 10.3 Å². The summed E-state index contributed by atoms with van der Waals surface area (Å²) in [5, 5.41) is 13.4. The fraction of sp³-hybridized carbons (Fsp3) is 0.444. The van der Waals surface area contributed by atoms with E-state index in [1.54, 1.807) is 13.1 Å². The summed E-state index contributed by atoms with van der Waals surface area (Å²) < 4.78 is 0. The van der Waals surface area contributed by atoms with Gasteiger partial charge in [-0.25, -0.2) is 4.98 Å². The number of nitrogens with one attached hydrogen (secondary N) is 1. The number of anilines is 1.